The first-order chi connectivity index (χ1) is 9.67. The summed E-state index contributed by atoms with van der Waals surface area (Å²) in [5, 5.41) is 0.771. The standard InChI is InChI=1S/C15H13FN2OS/c1-2-19-10-4-6-13-14(8-10)20-15(18-13)9-3-5-12(17)11(16)7-9/h3-8H,2,17H2,1H3. The van der Waals surface area contributed by atoms with E-state index in [1.807, 2.05) is 25.1 Å². The van der Waals surface area contributed by atoms with Crippen molar-refractivity contribution in [3.8, 4) is 16.3 Å². The molecule has 1 heterocycles. The van der Waals surface area contributed by atoms with Crippen LogP contribution in [0.2, 0.25) is 0 Å². The minimum absolute atomic E-state index is 0.147. The van der Waals surface area contributed by atoms with Crippen molar-refractivity contribution in [2.24, 2.45) is 0 Å². The second-order valence-electron chi connectivity index (χ2n) is 4.32. The first kappa shape index (κ1) is 12.9. The predicted octanol–water partition coefficient (Wildman–Crippen LogP) is 4.08. The fraction of sp³-hybridized carbons (Fsp3) is 0.133. The van der Waals surface area contributed by atoms with Gasteiger partial charge in [0.1, 0.15) is 16.6 Å². The van der Waals surface area contributed by atoms with Gasteiger partial charge >= 0.3 is 0 Å². The van der Waals surface area contributed by atoms with Gasteiger partial charge in [0.25, 0.3) is 0 Å². The fourth-order valence-corrected chi connectivity index (χ4v) is 2.94. The van der Waals surface area contributed by atoms with Crippen molar-refractivity contribution in [3.05, 3.63) is 42.2 Å². The summed E-state index contributed by atoms with van der Waals surface area (Å²) in [5.41, 5.74) is 7.25. The van der Waals surface area contributed by atoms with E-state index in [4.69, 9.17) is 10.5 Å². The Balaban J connectivity index is 2.05. The van der Waals surface area contributed by atoms with Crippen molar-refractivity contribution in [3.63, 3.8) is 0 Å². The molecule has 3 rings (SSSR count). The van der Waals surface area contributed by atoms with Crippen molar-refractivity contribution < 1.29 is 9.13 Å². The van der Waals surface area contributed by atoms with Crippen LogP contribution >= 0.6 is 11.3 Å². The molecule has 0 amide bonds. The van der Waals surface area contributed by atoms with E-state index in [2.05, 4.69) is 4.98 Å². The number of thiazole rings is 1. The van der Waals surface area contributed by atoms with Crippen LogP contribution in [-0.2, 0) is 0 Å². The number of halogens is 1. The lowest BCUT2D eigenvalue weighted by Crippen LogP contribution is -1.90. The minimum atomic E-state index is -0.420. The molecule has 0 atom stereocenters. The number of ether oxygens (including phenoxy) is 1. The maximum absolute atomic E-state index is 13.5. The molecule has 0 bridgehead atoms. The van der Waals surface area contributed by atoms with E-state index in [9.17, 15) is 4.39 Å². The topological polar surface area (TPSA) is 48.1 Å². The second-order valence-corrected chi connectivity index (χ2v) is 5.35. The SMILES string of the molecule is CCOc1ccc2nc(-c3ccc(N)c(F)c3)sc2c1. The van der Waals surface area contributed by atoms with Crippen molar-refractivity contribution in [1.29, 1.82) is 0 Å². The van der Waals surface area contributed by atoms with E-state index in [0.717, 1.165) is 26.5 Å². The first-order valence-corrected chi connectivity index (χ1v) is 7.08. The van der Waals surface area contributed by atoms with Gasteiger partial charge in [0, 0.05) is 5.56 Å². The monoisotopic (exact) mass is 288 g/mol. The number of nitrogens with two attached hydrogens (primary N) is 1. The molecule has 0 saturated carbocycles. The molecule has 0 aliphatic carbocycles. The molecule has 0 unspecified atom stereocenters. The van der Waals surface area contributed by atoms with Gasteiger partial charge in [0.05, 0.1) is 22.5 Å². The van der Waals surface area contributed by atoms with E-state index in [-0.39, 0.29) is 5.69 Å². The maximum Gasteiger partial charge on any atom is 0.146 e. The van der Waals surface area contributed by atoms with E-state index in [1.165, 1.54) is 17.4 Å². The van der Waals surface area contributed by atoms with Gasteiger partial charge in [-0.1, -0.05) is 0 Å². The molecule has 2 N–H and O–H groups in total. The third kappa shape index (κ3) is 2.32. The molecule has 0 saturated heterocycles. The minimum Gasteiger partial charge on any atom is -0.494 e. The smallest absolute Gasteiger partial charge is 0.146 e. The van der Waals surface area contributed by atoms with Gasteiger partial charge in [-0.3, -0.25) is 0 Å². The molecule has 0 radical (unpaired) electrons. The molecule has 3 nitrogen and oxygen atoms in total. The van der Waals surface area contributed by atoms with Crippen LogP contribution in [0.15, 0.2) is 36.4 Å². The number of fused-ring (bicyclic) bond motifs is 1. The number of aromatic nitrogens is 1. The lowest BCUT2D eigenvalue weighted by atomic mass is 10.2. The van der Waals surface area contributed by atoms with Gasteiger partial charge in [0.2, 0.25) is 0 Å². The molecule has 0 fully saturated rings. The summed E-state index contributed by atoms with van der Waals surface area (Å²) in [4.78, 5) is 4.51. The molecule has 20 heavy (non-hydrogen) atoms. The molecule has 3 aromatic rings. The zero-order chi connectivity index (χ0) is 14.1. The van der Waals surface area contributed by atoms with Crippen molar-refractivity contribution in [2.45, 2.75) is 6.92 Å². The predicted molar refractivity (Wildman–Crippen MR) is 80.6 cm³/mol. The number of rotatable bonds is 3. The van der Waals surface area contributed by atoms with E-state index in [0.29, 0.717) is 6.61 Å². The maximum atomic E-state index is 13.5. The van der Waals surface area contributed by atoms with Gasteiger partial charge in [-0.15, -0.1) is 11.3 Å². The molecule has 0 spiro atoms. The second kappa shape index (κ2) is 5.09. The summed E-state index contributed by atoms with van der Waals surface area (Å²) in [6.45, 7) is 2.57. The Labute approximate surface area is 119 Å². The molecule has 0 aliphatic heterocycles. The van der Waals surface area contributed by atoms with Crippen LogP contribution < -0.4 is 10.5 Å². The van der Waals surface area contributed by atoms with Gasteiger partial charge in [-0.25, -0.2) is 9.37 Å². The lowest BCUT2D eigenvalue weighted by molar-refractivity contribution is 0.341. The quantitative estimate of drug-likeness (QED) is 0.739. The van der Waals surface area contributed by atoms with E-state index < -0.39 is 5.82 Å². The van der Waals surface area contributed by atoms with E-state index >= 15 is 0 Å². The van der Waals surface area contributed by atoms with Crippen LogP contribution in [0, 0.1) is 5.82 Å². The highest BCUT2D eigenvalue weighted by molar-refractivity contribution is 7.21. The third-order valence-corrected chi connectivity index (χ3v) is 3.99. The first-order valence-electron chi connectivity index (χ1n) is 6.26. The van der Waals surface area contributed by atoms with E-state index in [1.54, 1.807) is 12.1 Å². The van der Waals surface area contributed by atoms with Crippen LogP contribution in [0.4, 0.5) is 10.1 Å². The van der Waals surface area contributed by atoms with Crippen LogP contribution in [0.1, 0.15) is 6.92 Å². The largest absolute Gasteiger partial charge is 0.494 e. The number of nitrogens with zero attached hydrogens (tertiary/aromatic N) is 1. The number of hydrogen-bond acceptors (Lipinski definition) is 4. The fourth-order valence-electron chi connectivity index (χ4n) is 1.95. The summed E-state index contributed by atoms with van der Waals surface area (Å²) >= 11 is 1.51. The third-order valence-electron chi connectivity index (χ3n) is 2.92. The number of anilines is 1. The molecular weight excluding hydrogens is 275 g/mol. The highest BCUT2D eigenvalue weighted by Gasteiger charge is 2.09. The van der Waals surface area contributed by atoms with Gasteiger partial charge in [-0.2, -0.15) is 0 Å². The highest BCUT2D eigenvalue weighted by Crippen LogP contribution is 2.33. The number of hydrogen-bond donors (Lipinski definition) is 1. The summed E-state index contributed by atoms with van der Waals surface area (Å²) in [6.07, 6.45) is 0. The zero-order valence-electron chi connectivity index (χ0n) is 10.9. The van der Waals surface area contributed by atoms with Gasteiger partial charge in [0.15, 0.2) is 0 Å². The van der Waals surface area contributed by atoms with Crippen molar-refractivity contribution >= 4 is 27.2 Å². The number of benzene rings is 2. The molecular formula is C15H13FN2OS. The normalized spacial score (nSPS) is 10.9. The van der Waals surface area contributed by atoms with Crippen LogP contribution in [0.5, 0.6) is 5.75 Å². The van der Waals surface area contributed by atoms with Crippen LogP contribution in [0.3, 0.4) is 0 Å². The summed E-state index contributed by atoms with van der Waals surface area (Å²) in [6, 6.07) is 10.5. The zero-order valence-corrected chi connectivity index (χ0v) is 11.7. The summed E-state index contributed by atoms with van der Waals surface area (Å²) < 4.78 is 20.0. The molecule has 0 aliphatic rings. The average molecular weight is 288 g/mol. The molecule has 5 heteroatoms. The van der Waals surface area contributed by atoms with Crippen LogP contribution in [0.25, 0.3) is 20.8 Å². The van der Waals surface area contributed by atoms with Crippen LogP contribution in [-0.4, -0.2) is 11.6 Å². The molecule has 1 aromatic heterocycles. The Morgan fingerprint density at radius 3 is 2.85 bits per heavy atom. The Hall–Kier alpha value is -2.14. The lowest BCUT2D eigenvalue weighted by Gasteiger charge is -2.00. The van der Waals surface area contributed by atoms with Gasteiger partial charge in [-0.05, 0) is 43.3 Å². The van der Waals surface area contributed by atoms with Crippen molar-refractivity contribution in [1.82, 2.24) is 4.98 Å². The summed E-state index contributed by atoms with van der Waals surface area (Å²) in [5.74, 6) is 0.399. The number of nitrogen functional groups attached to an aromatic ring is 1. The average Bonchev–Trinajstić information content (AvgIpc) is 2.85. The Bertz CT molecular complexity index is 770. The summed E-state index contributed by atoms with van der Waals surface area (Å²) in [7, 11) is 0. The Kier molecular flexibility index (Phi) is 3.28. The Morgan fingerprint density at radius 1 is 1.25 bits per heavy atom. The van der Waals surface area contributed by atoms with Gasteiger partial charge < -0.3 is 10.5 Å². The Morgan fingerprint density at radius 2 is 2.10 bits per heavy atom. The highest BCUT2D eigenvalue weighted by atomic mass is 32.1. The molecule has 2 aromatic carbocycles. The molecule has 102 valence electrons. The van der Waals surface area contributed by atoms with Crippen molar-refractivity contribution in [2.75, 3.05) is 12.3 Å².